The van der Waals surface area contributed by atoms with E-state index in [0.717, 1.165) is 11.5 Å². The van der Waals surface area contributed by atoms with Gasteiger partial charge in [0.2, 0.25) is 8.32 Å². The molecule has 0 saturated carbocycles. The molecule has 2 rings (SSSR count). The van der Waals surface area contributed by atoms with Crippen LogP contribution in [0.2, 0.25) is 19.6 Å². The van der Waals surface area contributed by atoms with Gasteiger partial charge in [-0.3, -0.25) is 0 Å². The molecule has 0 bridgehead atoms. The van der Waals surface area contributed by atoms with Crippen molar-refractivity contribution in [2.75, 3.05) is 0 Å². The molecule has 0 amide bonds. The highest BCUT2D eigenvalue weighted by molar-refractivity contribution is 8.03. The van der Waals surface area contributed by atoms with Gasteiger partial charge in [-0.25, -0.2) is 0 Å². The van der Waals surface area contributed by atoms with Crippen LogP contribution in [0.25, 0.3) is 0 Å². The highest BCUT2D eigenvalue weighted by Gasteiger charge is 2.18. The molecule has 0 heterocycles. The maximum absolute atomic E-state index is 6.23. The summed E-state index contributed by atoms with van der Waals surface area (Å²) in [5.41, 5.74) is 1.31. The third-order valence-electron chi connectivity index (χ3n) is 2.72. The van der Waals surface area contributed by atoms with Crippen LogP contribution in [-0.4, -0.2) is 8.32 Å². The van der Waals surface area contributed by atoms with Crippen LogP contribution in [0.1, 0.15) is 5.56 Å². The van der Waals surface area contributed by atoms with Gasteiger partial charge in [0, 0.05) is 4.90 Å². The molecule has 0 N–H and O–H groups in total. The molecule has 0 unspecified atom stereocenters. The summed E-state index contributed by atoms with van der Waals surface area (Å²) in [5.74, 6) is 0. The van der Waals surface area contributed by atoms with Crippen LogP contribution in [0.4, 0.5) is 0 Å². The first-order valence-corrected chi connectivity index (χ1v) is 11.4. The van der Waals surface area contributed by atoms with E-state index in [-0.39, 0.29) is 0 Å². The van der Waals surface area contributed by atoms with Crippen LogP contribution in [0.15, 0.2) is 76.7 Å². The van der Waals surface area contributed by atoms with Crippen molar-refractivity contribution in [3.8, 4) is 0 Å². The van der Waals surface area contributed by atoms with Crippen LogP contribution in [0.3, 0.4) is 0 Å². The van der Waals surface area contributed by atoms with Gasteiger partial charge in [0.25, 0.3) is 0 Å². The maximum Gasteiger partial charge on any atom is 0.242 e. The van der Waals surface area contributed by atoms with Gasteiger partial charge in [0.1, 0.15) is 5.09 Å². The minimum atomic E-state index is -1.60. The fraction of sp³-hybridized carbons (Fsp3) is 0.222. The van der Waals surface area contributed by atoms with Crippen LogP contribution in [-0.2, 0) is 10.8 Å². The minimum Gasteiger partial charge on any atom is -0.540 e. The van der Waals surface area contributed by atoms with E-state index in [1.165, 1.54) is 10.5 Å². The molecule has 0 aliphatic carbocycles. The molecule has 0 saturated heterocycles. The zero-order chi connectivity index (χ0) is 15.1. The minimum absolute atomic E-state index is 0.903. The van der Waals surface area contributed by atoms with Crippen LogP contribution in [0.5, 0.6) is 0 Å². The van der Waals surface area contributed by atoms with Gasteiger partial charge in [-0.2, -0.15) is 0 Å². The normalized spacial score (nSPS) is 12.2. The van der Waals surface area contributed by atoms with Crippen molar-refractivity contribution in [3.63, 3.8) is 0 Å². The van der Waals surface area contributed by atoms with Gasteiger partial charge in [-0.1, -0.05) is 60.3 Å². The average Bonchev–Trinajstić information content (AvgIpc) is 2.45. The van der Waals surface area contributed by atoms with E-state index in [9.17, 15) is 0 Å². The number of benzene rings is 2. The number of hydrogen-bond donors (Lipinski definition) is 0. The summed E-state index contributed by atoms with van der Waals surface area (Å²) in [6.45, 7) is 6.65. The largest absolute Gasteiger partial charge is 0.540 e. The van der Waals surface area contributed by atoms with Crippen molar-refractivity contribution in [1.29, 1.82) is 0 Å². The number of thioether (sulfide) groups is 1. The Morgan fingerprint density at radius 3 is 2.10 bits per heavy atom. The van der Waals surface area contributed by atoms with Gasteiger partial charge in [0.05, 0.1) is 0 Å². The topological polar surface area (TPSA) is 9.23 Å². The quantitative estimate of drug-likeness (QED) is 0.383. The second-order valence-electron chi connectivity index (χ2n) is 5.84. The number of hydrogen-bond acceptors (Lipinski definition) is 2. The Balaban J connectivity index is 2.11. The lowest BCUT2D eigenvalue weighted by atomic mass is 10.2. The Kier molecular flexibility index (Phi) is 5.71. The molecule has 0 aromatic heterocycles. The molecule has 2 aromatic carbocycles. The van der Waals surface area contributed by atoms with Crippen molar-refractivity contribution in [2.45, 2.75) is 31.0 Å². The SMILES string of the molecule is C[Si](C)(C)O/C(=C\Cc1ccccc1)Sc1ccccc1. The molecule has 0 fully saturated rings. The first-order chi connectivity index (χ1) is 10.0. The zero-order valence-electron chi connectivity index (χ0n) is 12.9. The highest BCUT2D eigenvalue weighted by atomic mass is 32.2. The van der Waals surface area contributed by atoms with Crippen molar-refractivity contribution in [2.24, 2.45) is 0 Å². The van der Waals surface area contributed by atoms with E-state index < -0.39 is 8.32 Å². The Hall–Kier alpha value is -1.45. The molecule has 110 valence electrons. The van der Waals surface area contributed by atoms with Crippen LogP contribution >= 0.6 is 11.8 Å². The molecule has 0 radical (unpaired) electrons. The molecule has 0 spiro atoms. The van der Waals surface area contributed by atoms with Crippen molar-refractivity contribution in [3.05, 3.63) is 77.4 Å². The molecule has 3 heteroatoms. The average molecular weight is 315 g/mol. The van der Waals surface area contributed by atoms with Gasteiger partial charge in [-0.15, -0.1) is 0 Å². The standard InChI is InChI=1S/C18H22OSSi/c1-21(2,3)19-18(20-17-12-8-5-9-13-17)15-14-16-10-6-4-7-11-16/h4-13,15H,14H2,1-3H3/b18-15+. The van der Waals surface area contributed by atoms with Crippen molar-refractivity contribution < 1.29 is 4.43 Å². The molecular weight excluding hydrogens is 292 g/mol. The Morgan fingerprint density at radius 2 is 1.52 bits per heavy atom. The molecule has 2 aromatic rings. The molecule has 0 aliphatic rings. The lowest BCUT2D eigenvalue weighted by molar-refractivity contribution is 0.461. The van der Waals surface area contributed by atoms with Gasteiger partial charge >= 0.3 is 0 Å². The third-order valence-corrected chi connectivity index (χ3v) is 4.65. The van der Waals surface area contributed by atoms with Crippen molar-refractivity contribution >= 4 is 20.1 Å². The predicted octanol–water partition coefficient (Wildman–Crippen LogP) is 5.71. The molecule has 1 nitrogen and oxygen atoms in total. The lowest BCUT2D eigenvalue weighted by Crippen LogP contribution is -2.24. The van der Waals surface area contributed by atoms with Gasteiger partial charge < -0.3 is 4.43 Å². The molecular formula is C18H22OSSi. The van der Waals surface area contributed by atoms with E-state index in [2.05, 4.69) is 74.2 Å². The Bertz CT molecular complexity index is 573. The second kappa shape index (κ2) is 7.53. The summed E-state index contributed by atoms with van der Waals surface area (Å²) >= 11 is 1.71. The van der Waals surface area contributed by atoms with E-state index in [0.29, 0.717) is 0 Å². The predicted molar refractivity (Wildman–Crippen MR) is 95.0 cm³/mol. The third kappa shape index (κ3) is 6.23. The smallest absolute Gasteiger partial charge is 0.242 e. The molecule has 0 aliphatic heterocycles. The maximum atomic E-state index is 6.23. The van der Waals surface area contributed by atoms with Gasteiger partial charge in [0.15, 0.2) is 0 Å². The first-order valence-electron chi connectivity index (χ1n) is 7.19. The fourth-order valence-corrected chi connectivity index (χ4v) is 4.12. The Morgan fingerprint density at radius 1 is 0.952 bits per heavy atom. The van der Waals surface area contributed by atoms with Gasteiger partial charge in [-0.05, 0) is 49.8 Å². The molecule has 21 heavy (non-hydrogen) atoms. The summed E-state index contributed by atoms with van der Waals surface area (Å²) in [7, 11) is -1.60. The summed E-state index contributed by atoms with van der Waals surface area (Å²) in [4.78, 5) is 1.22. The number of allylic oxidation sites excluding steroid dienone is 1. The van der Waals surface area contributed by atoms with E-state index >= 15 is 0 Å². The highest BCUT2D eigenvalue weighted by Crippen LogP contribution is 2.30. The number of rotatable bonds is 6. The van der Waals surface area contributed by atoms with Crippen LogP contribution in [0, 0.1) is 0 Å². The molecule has 0 atom stereocenters. The summed E-state index contributed by atoms with van der Waals surface area (Å²) < 4.78 is 6.23. The second-order valence-corrected chi connectivity index (χ2v) is 11.3. The zero-order valence-corrected chi connectivity index (χ0v) is 14.7. The monoisotopic (exact) mass is 314 g/mol. The van der Waals surface area contributed by atoms with E-state index in [4.69, 9.17) is 4.43 Å². The van der Waals surface area contributed by atoms with E-state index in [1.807, 2.05) is 12.1 Å². The van der Waals surface area contributed by atoms with Crippen molar-refractivity contribution in [1.82, 2.24) is 0 Å². The summed E-state index contributed by atoms with van der Waals surface area (Å²) in [5, 5.41) is 1.02. The van der Waals surface area contributed by atoms with Crippen LogP contribution < -0.4 is 0 Å². The first kappa shape index (κ1) is 15.9. The fourth-order valence-electron chi connectivity index (χ4n) is 1.83. The Labute approximate surface area is 133 Å². The van der Waals surface area contributed by atoms with E-state index in [1.54, 1.807) is 11.8 Å². The summed E-state index contributed by atoms with van der Waals surface area (Å²) in [6, 6.07) is 20.9. The lowest BCUT2D eigenvalue weighted by Gasteiger charge is -2.21. The summed E-state index contributed by atoms with van der Waals surface area (Å²) in [6.07, 6.45) is 3.10.